The van der Waals surface area contributed by atoms with Crippen molar-refractivity contribution in [3.8, 4) is 5.75 Å². The average Bonchev–Trinajstić information content (AvgIpc) is 2.57. The van der Waals surface area contributed by atoms with Crippen LogP contribution in [-0.4, -0.2) is 18.9 Å². The van der Waals surface area contributed by atoms with Gasteiger partial charge in [-0.25, -0.2) is 0 Å². The summed E-state index contributed by atoms with van der Waals surface area (Å²) < 4.78 is 19.0. The van der Waals surface area contributed by atoms with Crippen LogP contribution in [0.1, 0.15) is 72.1 Å². The van der Waals surface area contributed by atoms with E-state index in [4.69, 9.17) is 4.74 Å². The summed E-state index contributed by atoms with van der Waals surface area (Å²) >= 11 is 0. The lowest BCUT2D eigenvalue weighted by molar-refractivity contribution is 0.340. The van der Waals surface area contributed by atoms with E-state index in [0.29, 0.717) is 6.61 Å². The summed E-state index contributed by atoms with van der Waals surface area (Å²) in [7, 11) is -2.37. The van der Waals surface area contributed by atoms with Crippen molar-refractivity contribution < 1.29 is 9.30 Å². The van der Waals surface area contributed by atoms with Gasteiger partial charge in [-0.3, -0.25) is 0 Å². The first-order valence-corrected chi connectivity index (χ1v) is 11.8. The Balaban J connectivity index is 2.68. The fraction of sp³-hybridized carbons (Fsp3) is 0.700. The van der Waals surface area contributed by atoms with E-state index in [1.54, 1.807) is 0 Å². The first-order valence-electron chi connectivity index (χ1n) is 9.72. The lowest BCUT2D eigenvalue weighted by Crippen LogP contribution is -2.06. The molecule has 0 aliphatic carbocycles. The van der Waals surface area contributed by atoms with E-state index in [0.717, 1.165) is 36.6 Å². The summed E-state index contributed by atoms with van der Waals surface area (Å²) in [5, 5.41) is 3.38. The van der Waals surface area contributed by atoms with Gasteiger partial charge in [-0.05, 0) is 31.9 Å². The van der Waals surface area contributed by atoms with Gasteiger partial charge in [0.05, 0.1) is 6.61 Å². The van der Waals surface area contributed by atoms with Crippen LogP contribution >= 0.6 is 7.29 Å². The van der Waals surface area contributed by atoms with Gasteiger partial charge in [-0.1, -0.05) is 58.4 Å². The molecule has 0 radical (unpaired) electrons. The Kier molecular flexibility index (Phi) is 10.9. The topological polar surface area (TPSA) is 38.3 Å². The number of nitrogens with one attached hydrogen (secondary N) is 1. The van der Waals surface area contributed by atoms with Crippen molar-refractivity contribution in [1.82, 2.24) is 0 Å². The van der Waals surface area contributed by atoms with Crippen LogP contribution in [0.5, 0.6) is 5.75 Å². The van der Waals surface area contributed by atoms with Crippen LogP contribution in [0, 0.1) is 0 Å². The minimum atomic E-state index is -2.37. The molecule has 0 aromatic heterocycles. The Bertz CT molecular complexity index is 474. The summed E-state index contributed by atoms with van der Waals surface area (Å²) in [6, 6.07) is 7.87. The molecule has 138 valence electrons. The molecule has 0 saturated heterocycles. The Morgan fingerprint density at radius 2 is 1.54 bits per heavy atom. The maximum absolute atomic E-state index is 13.4. The molecule has 0 bridgehead atoms. The van der Waals surface area contributed by atoms with Crippen molar-refractivity contribution in [2.45, 2.75) is 72.1 Å². The number of hydrogen-bond acceptors (Lipinski definition) is 2. The van der Waals surface area contributed by atoms with E-state index >= 15 is 0 Å². The highest BCUT2D eigenvalue weighted by Gasteiger charge is 2.21. The van der Waals surface area contributed by atoms with Gasteiger partial charge in [0.15, 0.2) is 7.29 Å². The molecule has 24 heavy (non-hydrogen) atoms. The predicted molar refractivity (Wildman–Crippen MR) is 107 cm³/mol. The van der Waals surface area contributed by atoms with Gasteiger partial charge in [-0.2, -0.15) is 0 Å². The zero-order valence-corrected chi connectivity index (χ0v) is 16.7. The number of anilines is 1. The highest BCUT2D eigenvalue weighted by molar-refractivity contribution is 7.65. The van der Waals surface area contributed by atoms with Gasteiger partial charge in [-0.15, -0.1) is 0 Å². The van der Waals surface area contributed by atoms with Crippen LogP contribution in [0.4, 0.5) is 5.69 Å². The third-order valence-electron chi connectivity index (χ3n) is 4.22. The average molecular weight is 353 g/mol. The molecule has 0 atom stereocenters. The first-order chi connectivity index (χ1) is 11.6. The molecule has 0 aliphatic rings. The minimum Gasteiger partial charge on any atom is -0.494 e. The van der Waals surface area contributed by atoms with Crippen LogP contribution in [0.15, 0.2) is 24.3 Å². The van der Waals surface area contributed by atoms with Crippen molar-refractivity contribution in [1.29, 1.82) is 0 Å². The predicted octanol–water partition coefficient (Wildman–Crippen LogP) is 6.94. The van der Waals surface area contributed by atoms with E-state index in [1.807, 2.05) is 31.2 Å². The third kappa shape index (κ3) is 8.78. The molecule has 1 rings (SSSR count). The van der Waals surface area contributed by atoms with Gasteiger partial charge in [0, 0.05) is 24.1 Å². The quantitative estimate of drug-likeness (QED) is 0.291. The minimum absolute atomic E-state index is 0.648. The van der Waals surface area contributed by atoms with Crippen molar-refractivity contribution >= 4 is 13.0 Å². The Labute approximate surface area is 149 Å². The van der Waals surface area contributed by atoms with E-state index < -0.39 is 7.29 Å². The zero-order valence-electron chi connectivity index (χ0n) is 15.9. The molecule has 1 aromatic rings. The second kappa shape index (κ2) is 12.4. The van der Waals surface area contributed by atoms with E-state index in [2.05, 4.69) is 18.9 Å². The molecule has 1 aromatic carbocycles. The van der Waals surface area contributed by atoms with Gasteiger partial charge < -0.3 is 14.4 Å². The Morgan fingerprint density at radius 1 is 0.917 bits per heavy atom. The molecule has 3 nitrogen and oxygen atoms in total. The summed E-state index contributed by atoms with van der Waals surface area (Å²) in [6.45, 7) is 7.05. The molecule has 0 heterocycles. The van der Waals surface area contributed by atoms with Crippen LogP contribution in [0.25, 0.3) is 0 Å². The Hall–Kier alpha value is -0.950. The number of hydrogen-bond donors (Lipinski definition) is 1. The third-order valence-corrected chi connectivity index (χ3v) is 6.97. The summed E-state index contributed by atoms with van der Waals surface area (Å²) in [4.78, 5) is 0. The fourth-order valence-corrected chi connectivity index (χ4v) is 5.39. The largest absolute Gasteiger partial charge is 0.494 e. The highest BCUT2D eigenvalue weighted by Crippen LogP contribution is 2.47. The second-order valence-corrected chi connectivity index (χ2v) is 9.43. The molecule has 0 unspecified atom stereocenters. The van der Waals surface area contributed by atoms with Crippen LogP contribution in [-0.2, 0) is 4.57 Å². The lowest BCUT2D eigenvalue weighted by Gasteiger charge is -2.21. The standard InChI is InChI=1S/C20H36NO2P/c1-4-7-9-11-16-24(22,17-12-10-8-5-2)21-19-14-13-15-20(18-19)23-6-3/h13-15,18H,4-12,16-17H2,1-3H3,(H,21,22). The molecule has 0 saturated carbocycles. The van der Waals surface area contributed by atoms with Crippen molar-refractivity contribution in [2.75, 3.05) is 24.0 Å². The molecule has 1 N–H and O–H groups in total. The van der Waals surface area contributed by atoms with Crippen molar-refractivity contribution in [3.63, 3.8) is 0 Å². The number of rotatable bonds is 14. The monoisotopic (exact) mass is 353 g/mol. The normalized spacial score (nSPS) is 11.5. The van der Waals surface area contributed by atoms with E-state index in [-0.39, 0.29) is 0 Å². The van der Waals surface area contributed by atoms with Crippen molar-refractivity contribution in [2.24, 2.45) is 0 Å². The zero-order chi connectivity index (χ0) is 17.7. The smallest absolute Gasteiger partial charge is 0.169 e. The molecule has 0 spiro atoms. The van der Waals surface area contributed by atoms with Crippen LogP contribution in [0.2, 0.25) is 0 Å². The molecule has 0 aliphatic heterocycles. The molecule has 0 amide bonds. The van der Waals surface area contributed by atoms with Gasteiger partial charge >= 0.3 is 0 Å². The molecular weight excluding hydrogens is 317 g/mol. The van der Waals surface area contributed by atoms with Gasteiger partial charge in [0.25, 0.3) is 0 Å². The van der Waals surface area contributed by atoms with Crippen LogP contribution in [0.3, 0.4) is 0 Å². The SMILES string of the molecule is CCCCCCP(=O)(CCCCCC)Nc1cccc(OCC)c1. The van der Waals surface area contributed by atoms with Gasteiger partial charge in [0.1, 0.15) is 5.75 Å². The fourth-order valence-electron chi connectivity index (χ4n) is 2.87. The van der Waals surface area contributed by atoms with Gasteiger partial charge in [0.2, 0.25) is 0 Å². The molecule has 0 fully saturated rings. The number of unbranched alkanes of at least 4 members (excludes halogenated alkanes) is 6. The van der Waals surface area contributed by atoms with E-state index in [1.165, 1.54) is 38.5 Å². The lowest BCUT2D eigenvalue weighted by atomic mass is 10.2. The highest BCUT2D eigenvalue weighted by atomic mass is 31.2. The maximum Gasteiger partial charge on any atom is 0.169 e. The number of benzene rings is 1. The summed E-state index contributed by atoms with van der Waals surface area (Å²) in [5.74, 6) is 0.839. The Morgan fingerprint density at radius 3 is 2.08 bits per heavy atom. The number of ether oxygens (including phenoxy) is 1. The summed E-state index contributed by atoms with van der Waals surface area (Å²) in [5.41, 5.74) is 0.926. The maximum atomic E-state index is 13.4. The van der Waals surface area contributed by atoms with E-state index in [9.17, 15) is 4.57 Å². The molecule has 4 heteroatoms. The van der Waals surface area contributed by atoms with Crippen LogP contribution < -0.4 is 9.82 Å². The summed E-state index contributed by atoms with van der Waals surface area (Å²) in [6.07, 6.45) is 11.0. The molecular formula is C20H36NO2P. The first kappa shape index (κ1) is 21.1. The second-order valence-electron chi connectivity index (χ2n) is 6.53. The van der Waals surface area contributed by atoms with Crippen molar-refractivity contribution in [3.05, 3.63) is 24.3 Å².